The number of esters is 1. The summed E-state index contributed by atoms with van der Waals surface area (Å²) in [5, 5.41) is 8.47. The van der Waals surface area contributed by atoms with E-state index in [1.807, 2.05) is 0 Å². The van der Waals surface area contributed by atoms with Gasteiger partial charge in [0, 0.05) is 6.42 Å². The molecule has 1 N–H and O–H groups in total. The molecule has 0 aliphatic heterocycles. The predicted octanol–water partition coefficient (Wildman–Crippen LogP) is 0.800. The maximum absolute atomic E-state index is 11.0. The second-order valence-corrected chi connectivity index (χ2v) is 2.43. The van der Waals surface area contributed by atoms with Crippen LogP contribution in [0.25, 0.3) is 0 Å². The summed E-state index contributed by atoms with van der Waals surface area (Å²) < 4.78 is 9.51. The summed E-state index contributed by atoms with van der Waals surface area (Å²) in [7, 11) is 1.28. The Kier molecular flexibility index (Phi) is 3.77. The molecule has 0 aliphatic carbocycles. The molecule has 1 rings (SSSR count). The van der Waals surface area contributed by atoms with E-state index in [0.29, 0.717) is 12.2 Å². The van der Waals surface area contributed by atoms with Crippen molar-refractivity contribution in [3.05, 3.63) is 23.7 Å². The Labute approximate surface area is 81.5 Å². The van der Waals surface area contributed by atoms with Gasteiger partial charge in [-0.05, 0) is 18.1 Å². The van der Waals surface area contributed by atoms with Crippen LogP contribution in [0.4, 0.5) is 0 Å². The number of rotatable bonds is 2. The molecule has 4 heteroatoms. The van der Waals surface area contributed by atoms with Gasteiger partial charge < -0.3 is 14.3 Å². The van der Waals surface area contributed by atoms with E-state index in [1.54, 1.807) is 6.07 Å². The number of aliphatic hydroxyl groups excluding tert-OH is 1. The molecular formula is C10H10O4. The summed E-state index contributed by atoms with van der Waals surface area (Å²) in [6, 6.07) is 3.07. The normalized spacial score (nSPS) is 9.00. The Bertz CT molecular complexity index is 367. The number of carbonyl (C=O) groups excluding carboxylic acids is 1. The van der Waals surface area contributed by atoms with Crippen LogP contribution in [0.2, 0.25) is 0 Å². The Balaban J connectivity index is 2.70. The van der Waals surface area contributed by atoms with Crippen LogP contribution in [0.5, 0.6) is 0 Å². The first-order chi connectivity index (χ1) is 6.77. The number of hydrogen-bond acceptors (Lipinski definition) is 4. The molecule has 1 aromatic rings. The number of methoxy groups -OCH3 is 1. The maximum Gasteiger partial charge on any atom is 0.374 e. The summed E-state index contributed by atoms with van der Waals surface area (Å²) in [6.45, 7) is 0.0115. The molecule has 0 spiro atoms. The average Bonchev–Trinajstić information content (AvgIpc) is 2.66. The van der Waals surface area contributed by atoms with E-state index >= 15 is 0 Å². The second kappa shape index (κ2) is 5.10. The first-order valence-electron chi connectivity index (χ1n) is 4.06. The molecule has 14 heavy (non-hydrogen) atoms. The first-order valence-corrected chi connectivity index (χ1v) is 4.06. The van der Waals surface area contributed by atoms with Gasteiger partial charge >= 0.3 is 5.97 Å². The lowest BCUT2D eigenvalue weighted by molar-refractivity contribution is 0.0564. The lowest BCUT2D eigenvalue weighted by Gasteiger charge is -1.90. The molecule has 0 aromatic carbocycles. The van der Waals surface area contributed by atoms with E-state index in [2.05, 4.69) is 16.6 Å². The van der Waals surface area contributed by atoms with Crippen molar-refractivity contribution in [1.29, 1.82) is 0 Å². The van der Waals surface area contributed by atoms with Gasteiger partial charge in [0.05, 0.1) is 13.7 Å². The number of ether oxygens (including phenoxy) is 1. The third kappa shape index (κ3) is 2.64. The molecule has 0 saturated carbocycles. The Hall–Kier alpha value is -1.73. The van der Waals surface area contributed by atoms with Gasteiger partial charge in [-0.3, -0.25) is 0 Å². The van der Waals surface area contributed by atoms with E-state index < -0.39 is 5.97 Å². The Morgan fingerprint density at radius 2 is 2.43 bits per heavy atom. The van der Waals surface area contributed by atoms with Crippen molar-refractivity contribution in [3.63, 3.8) is 0 Å². The quantitative estimate of drug-likeness (QED) is 0.558. The van der Waals surface area contributed by atoms with Crippen molar-refractivity contribution in [3.8, 4) is 11.8 Å². The molecule has 0 amide bonds. The van der Waals surface area contributed by atoms with E-state index in [4.69, 9.17) is 9.52 Å². The van der Waals surface area contributed by atoms with Gasteiger partial charge in [-0.15, -0.1) is 0 Å². The van der Waals surface area contributed by atoms with Gasteiger partial charge in [-0.1, -0.05) is 5.92 Å². The van der Waals surface area contributed by atoms with E-state index in [0.717, 1.165) is 0 Å². The van der Waals surface area contributed by atoms with E-state index in [1.165, 1.54) is 13.2 Å². The van der Waals surface area contributed by atoms with Gasteiger partial charge in [0.25, 0.3) is 0 Å². The molecule has 0 bridgehead atoms. The molecule has 1 heterocycles. The van der Waals surface area contributed by atoms with Crippen LogP contribution < -0.4 is 0 Å². The fraction of sp³-hybridized carbons (Fsp3) is 0.300. The Morgan fingerprint density at radius 3 is 3.07 bits per heavy atom. The number of carbonyl (C=O) groups is 1. The molecule has 4 nitrogen and oxygen atoms in total. The van der Waals surface area contributed by atoms with Crippen LogP contribution in [0.1, 0.15) is 22.7 Å². The molecule has 0 unspecified atom stereocenters. The molecular weight excluding hydrogens is 184 g/mol. The van der Waals surface area contributed by atoms with Crippen LogP contribution in [0.15, 0.2) is 16.5 Å². The smallest absolute Gasteiger partial charge is 0.374 e. The highest BCUT2D eigenvalue weighted by Crippen LogP contribution is 2.07. The van der Waals surface area contributed by atoms with E-state index in [-0.39, 0.29) is 12.4 Å². The second-order valence-electron chi connectivity index (χ2n) is 2.43. The fourth-order valence-corrected chi connectivity index (χ4v) is 0.821. The summed E-state index contributed by atoms with van der Waals surface area (Å²) >= 11 is 0. The zero-order valence-corrected chi connectivity index (χ0v) is 7.74. The molecule has 1 aromatic heterocycles. The SMILES string of the molecule is COC(=O)c1ccc(C#CCCO)o1. The molecule has 0 aliphatic rings. The molecule has 0 saturated heterocycles. The third-order valence-electron chi connectivity index (χ3n) is 1.44. The number of furan rings is 1. The van der Waals surface area contributed by atoms with Crippen LogP contribution in [0, 0.1) is 11.8 Å². The van der Waals surface area contributed by atoms with E-state index in [9.17, 15) is 4.79 Å². The molecule has 0 radical (unpaired) electrons. The predicted molar refractivity (Wildman–Crippen MR) is 48.6 cm³/mol. The van der Waals surface area contributed by atoms with Gasteiger partial charge in [0.2, 0.25) is 5.76 Å². The Morgan fingerprint density at radius 1 is 1.64 bits per heavy atom. The minimum Gasteiger partial charge on any atom is -0.463 e. The minimum absolute atomic E-state index is 0.0115. The first kappa shape index (κ1) is 10.4. The largest absolute Gasteiger partial charge is 0.463 e. The zero-order chi connectivity index (χ0) is 10.4. The lowest BCUT2D eigenvalue weighted by atomic mass is 10.4. The minimum atomic E-state index is -0.528. The molecule has 0 atom stereocenters. The average molecular weight is 194 g/mol. The summed E-state index contributed by atoms with van der Waals surface area (Å²) in [4.78, 5) is 11.0. The summed E-state index contributed by atoms with van der Waals surface area (Å²) in [6.07, 6.45) is 0.383. The van der Waals surface area contributed by atoms with Crippen molar-refractivity contribution < 1.29 is 19.1 Å². The maximum atomic E-state index is 11.0. The van der Waals surface area contributed by atoms with Gasteiger partial charge in [0.1, 0.15) is 0 Å². The lowest BCUT2D eigenvalue weighted by Crippen LogP contribution is -1.98. The molecule has 0 fully saturated rings. The fourth-order valence-electron chi connectivity index (χ4n) is 0.821. The van der Waals surface area contributed by atoms with Crippen LogP contribution in [-0.4, -0.2) is 24.8 Å². The third-order valence-corrected chi connectivity index (χ3v) is 1.44. The van der Waals surface area contributed by atoms with Crippen molar-refractivity contribution in [2.45, 2.75) is 6.42 Å². The zero-order valence-electron chi connectivity index (χ0n) is 7.74. The van der Waals surface area contributed by atoms with Crippen LogP contribution >= 0.6 is 0 Å². The highest BCUT2D eigenvalue weighted by atomic mass is 16.5. The van der Waals surface area contributed by atoms with Crippen molar-refractivity contribution in [2.24, 2.45) is 0 Å². The highest BCUT2D eigenvalue weighted by Gasteiger charge is 2.09. The number of aliphatic hydroxyl groups is 1. The summed E-state index contributed by atoms with van der Waals surface area (Å²) in [5.74, 6) is 5.32. The van der Waals surface area contributed by atoms with Gasteiger partial charge in [-0.25, -0.2) is 4.79 Å². The van der Waals surface area contributed by atoms with Crippen LogP contribution in [0.3, 0.4) is 0 Å². The summed E-state index contributed by atoms with van der Waals surface area (Å²) in [5.41, 5.74) is 0. The van der Waals surface area contributed by atoms with Crippen molar-refractivity contribution >= 4 is 5.97 Å². The van der Waals surface area contributed by atoms with Crippen molar-refractivity contribution in [1.82, 2.24) is 0 Å². The highest BCUT2D eigenvalue weighted by molar-refractivity contribution is 5.86. The standard InChI is InChI=1S/C10H10O4/c1-13-10(12)9-6-5-8(14-9)4-2-3-7-11/h5-6,11H,3,7H2,1H3. The number of hydrogen-bond donors (Lipinski definition) is 1. The van der Waals surface area contributed by atoms with Crippen LogP contribution in [-0.2, 0) is 4.74 Å². The van der Waals surface area contributed by atoms with Gasteiger partial charge in [0.15, 0.2) is 5.76 Å². The topological polar surface area (TPSA) is 59.7 Å². The molecule has 74 valence electrons. The monoisotopic (exact) mass is 194 g/mol. The van der Waals surface area contributed by atoms with Gasteiger partial charge in [-0.2, -0.15) is 0 Å². The van der Waals surface area contributed by atoms with Crippen molar-refractivity contribution in [2.75, 3.05) is 13.7 Å².